The van der Waals surface area contributed by atoms with Crippen molar-refractivity contribution in [3.63, 3.8) is 0 Å². The minimum atomic E-state index is -0.857. The Hall–Kier alpha value is -1.59. The topological polar surface area (TPSA) is 51.2 Å². The fraction of sp³-hybridized carbons (Fsp3) is 0.154. The normalized spacial score (nSPS) is 13.1. The van der Waals surface area contributed by atoms with E-state index in [-0.39, 0.29) is 0 Å². The van der Waals surface area contributed by atoms with Crippen molar-refractivity contribution in [2.45, 2.75) is 6.10 Å². The van der Waals surface area contributed by atoms with E-state index in [1.165, 1.54) is 0 Å². The zero-order chi connectivity index (χ0) is 12.7. The number of aryl methyl sites for hydroxylation is 1. The molecule has 5 heteroatoms. The summed E-state index contributed by atoms with van der Waals surface area (Å²) in [5.74, 6) is 1.05. The summed E-state index contributed by atoms with van der Waals surface area (Å²) in [6.07, 6.45) is 2.58. The van der Waals surface area contributed by atoms with Gasteiger partial charge in [0, 0.05) is 24.8 Å². The monoisotopic (exact) mass is 306 g/mol. The van der Waals surface area contributed by atoms with Gasteiger partial charge in [0.25, 0.3) is 0 Å². The maximum atomic E-state index is 10.3. The van der Waals surface area contributed by atoms with Gasteiger partial charge >= 0.3 is 0 Å². The van der Waals surface area contributed by atoms with Crippen LogP contribution in [0.4, 0.5) is 0 Å². The van der Waals surface area contributed by atoms with Gasteiger partial charge in [-0.05, 0) is 28.1 Å². The first kappa shape index (κ1) is 11.5. The number of aliphatic hydroxyl groups excluding tert-OH is 1. The van der Waals surface area contributed by atoms with Crippen LogP contribution in [-0.4, -0.2) is 14.7 Å². The number of furan rings is 1. The molecule has 3 aromatic rings. The van der Waals surface area contributed by atoms with E-state index in [4.69, 9.17) is 4.42 Å². The van der Waals surface area contributed by atoms with E-state index in [0.29, 0.717) is 11.6 Å². The molecule has 0 spiro atoms. The van der Waals surface area contributed by atoms with Crippen LogP contribution >= 0.6 is 15.9 Å². The predicted octanol–water partition coefficient (Wildman–Crippen LogP) is 3.01. The molecule has 3 rings (SSSR count). The van der Waals surface area contributed by atoms with Crippen molar-refractivity contribution in [1.29, 1.82) is 0 Å². The van der Waals surface area contributed by atoms with E-state index in [9.17, 15) is 5.11 Å². The second-order valence-corrected chi connectivity index (χ2v) is 4.96. The molecule has 2 aromatic heterocycles. The summed E-state index contributed by atoms with van der Waals surface area (Å²) in [7, 11) is 1.84. The van der Waals surface area contributed by atoms with Crippen molar-refractivity contribution in [3.05, 3.63) is 52.7 Å². The van der Waals surface area contributed by atoms with E-state index in [1.54, 1.807) is 17.0 Å². The third-order valence-electron chi connectivity index (χ3n) is 2.89. The highest BCUT2D eigenvalue weighted by atomic mass is 79.9. The molecule has 0 amide bonds. The van der Waals surface area contributed by atoms with Gasteiger partial charge in [-0.2, -0.15) is 0 Å². The minimum Gasteiger partial charge on any atom is -0.457 e. The Kier molecular flexibility index (Phi) is 2.72. The SMILES string of the molecule is Cn1ccnc1C(O)c1cc2cccc(Br)c2o1. The molecule has 0 aliphatic carbocycles. The summed E-state index contributed by atoms with van der Waals surface area (Å²) in [6.45, 7) is 0. The number of fused-ring (bicyclic) bond motifs is 1. The van der Waals surface area contributed by atoms with Crippen LogP contribution in [-0.2, 0) is 7.05 Å². The fourth-order valence-electron chi connectivity index (χ4n) is 1.95. The number of imidazole rings is 1. The number of aromatic nitrogens is 2. The number of halogens is 1. The summed E-state index contributed by atoms with van der Waals surface area (Å²) in [5, 5.41) is 11.2. The highest BCUT2D eigenvalue weighted by Crippen LogP contribution is 2.31. The Morgan fingerprint density at radius 2 is 2.28 bits per heavy atom. The van der Waals surface area contributed by atoms with Crippen LogP contribution in [0.15, 0.2) is 45.5 Å². The lowest BCUT2D eigenvalue weighted by Crippen LogP contribution is -2.05. The third-order valence-corrected chi connectivity index (χ3v) is 3.51. The van der Waals surface area contributed by atoms with Gasteiger partial charge in [-0.25, -0.2) is 4.98 Å². The lowest BCUT2D eigenvalue weighted by atomic mass is 10.2. The van der Waals surface area contributed by atoms with Crippen molar-refractivity contribution in [2.75, 3.05) is 0 Å². The molecule has 92 valence electrons. The molecule has 1 unspecified atom stereocenters. The van der Waals surface area contributed by atoms with E-state index in [1.807, 2.05) is 31.3 Å². The van der Waals surface area contributed by atoms with Crippen molar-refractivity contribution < 1.29 is 9.52 Å². The predicted molar refractivity (Wildman–Crippen MR) is 71.2 cm³/mol. The summed E-state index contributed by atoms with van der Waals surface area (Å²) >= 11 is 3.43. The van der Waals surface area contributed by atoms with Gasteiger partial charge in [0.2, 0.25) is 0 Å². The molecule has 0 radical (unpaired) electrons. The molecule has 1 N–H and O–H groups in total. The molecule has 4 nitrogen and oxygen atoms in total. The van der Waals surface area contributed by atoms with Gasteiger partial charge in [0.05, 0.1) is 4.47 Å². The van der Waals surface area contributed by atoms with Crippen LogP contribution in [0.5, 0.6) is 0 Å². The van der Waals surface area contributed by atoms with E-state index < -0.39 is 6.10 Å². The van der Waals surface area contributed by atoms with Gasteiger partial charge in [0.1, 0.15) is 17.2 Å². The van der Waals surface area contributed by atoms with Gasteiger partial charge in [-0.15, -0.1) is 0 Å². The fourth-order valence-corrected chi connectivity index (χ4v) is 2.41. The molecular formula is C13H11BrN2O2. The van der Waals surface area contributed by atoms with Crippen LogP contribution in [0.2, 0.25) is 0 Å². The largest absolute Gasteiger partial charge is 0.457 e. The molecule has 0 saturated heterocycles. The molecule has 0 saturated carbocycles. The molecular weight excluding hydrogens is 296 g/mol. The van der Waals surface area contributed by atoms with Crippen LogP contribution in [0, 0.1) is 0 Å². The lowest BCUT2D eigenvalue weighted by molar-refractivity contribution is 0.179. The number of nitrogens with zero attached hydrogens (tertiary/aromatic N) is 2. The maximum Gasteiger partial charge on any atom is 0.169 e. The van der Waals surface area contributed by atoms with E-state index in [0.717, 1.165) is 15.4 Å². The smallest absolute Gasteiger partial charge is 0.169 e. The zero-order valence-electron chi connectivity index (χ0n) is 9.67. The summed E-state index contributed by atoms with van der Waals surface area (Å²) in [5.41, 5.74) is 0.737. The molecule has 0 fully saturated rings. The Bertz CT molecular complexity index is 702. The molecule has 0 aliphatic heterocycles. The quantitative estimate of drug-likeness (QED) is 0.792. The maximum absolute atomic E-state index is 10.3. The highest BCUT2D eigenvalue weighted by Gasteiger charge is 2.19. The van der Waals surface area contributed by atoms with Crippen molar-refractivity contribution >= 4 is 26.9 Å². The van der Waals surface area contributed by atoms with Crippen LogP contribution in [0.25, 0.3) is 11.0 Å². The van der Waals surface area contributed by atoms with Crippen molar-refractivity contribution in [3.8, 4) is 0 Å². The molecule has 2 heterocycles. The third kappa shape index (κ3) is 1.76. The van der Waals surface area contributed by atoms with Gasteiger partial charge < -0.3 is 14.1 Å². The number of benzene rings is 1. The van der Waals surface area contributed by atoms with Crippen molar-refractivity contribution in [1.82, 2.24) is 9.55 Å². The van der Waals surface area contributed by atoms with Gasteiger partial charge in [-0.1, -0.05) is 12.1 Å². The Balaban J connectivity index is 2.10. The molecule has 1 atom stereocenters. The van der Waals surface area contributed by atoms with Gasteiger partial charge in [-0.3, -0.25) is 0 Å². The van der Waals surface area contributed by atoms with Crippen LogP contribution in [0.3, 0.4) is 0 Å². The Morgan fingerprint density at radius 1 is 1.44 bits per heavy atom. The second-order valence-electron chi connectivity index (χ2n) is 4.11. The van der Waals surface area contributed by atoms with Gasteiger partial charge in [0.15, 0.2) is 6.10 Å². The minimum absolute atomic E-state index is 0.492. The summed E-state index contributed by atoms with van der Waals surface area (Å²) < 4.78 is 8.33. The number of para-hydroxylation sites is 1. The number of hydrogen-bond donors (Lipinski definition) is 1. The average Bonchev–Trinajstić information content (AvgIpc) is 2.95. The lowest BCUT2D eigenvalue weighted by Gasteiger charge is -2.06. The summed E-state index contributed by atoms with van der Waals surface area (Å²) in [6, 6.07) is 7.61. The first-order chi connectivity index (χ1) is 8.66. The van der Waals surface area contributed by atoms with Crippen LogP contribution < -0.4 is 0 Å². The number of rotatable bonds is 2. The first-order valence-corrected chi connectivity index (χ1v) is 6.29. The van der Waals surface area contributed by atoms with E-state index in [2.05, 4.69) is 20.9 Å². The zero-order valence-corrected chi connectivity index (χ0v) is 11.3. The van der Waals surface area contributed by atoms with Crippen LogP contribution in [0.1, 0.15) is 17.7 Å². The first-order valence-electron chi connectivity index (χ1n) is 5.50. The second kappa shape index (κ2) is 4.26. The molecule has 0 bridgehead atoms. The highest BCUT2D eigenvalue weighted by molar-refractivity contribution is 9.10. The number of hydrogen-bond acceptors (Lipinski definition) is 3. The molecule has 18 heavy (non-hydrogen) atoms. The average molecular weight is 307 g/mol. The summed E-state index contributed by atoms with van der Waals surface area (Å²) in [4.78, 5) is 4.13. The van der Waals surface area contributed by atoms with E-state index >= 15 is 0 Å². The molecule has 0 aliphatic rings. The molecule has 1 aromatic carbocycles. The standard InChI is InChI=1S/C13H11BrN2O2/c1-16-6-5-15-13(16)11(17)10-7-8-3-2-4-9(14)12(8)18-10/h2-7,11,17H,1H3. The number of aliphatic hydroxyl groups is 1. The Morgan fingerprint density at radius 3 is 2.94 bits per heavy atom. The van der Waals surface area contributed by atoms with Crippen molar-refractivity contribution in [2.24, 2.45) is 7.05 Å². The Labute approximate surface area is 112 Å².